The highest BCUT2D eigenvalue weighted by atomic mass is 32.1. The molecule has 0 bridgehead atoms. The molecule has 0 saturated carbocycles. The second-order valence-corrected chi connectivity index (χ2v) is 6.17. The molecule has 1 atom stereocenters. The van der Waals surface area contributed by atoms with Gasteiger partial charge in [-0.3, -0.25) is 9.69 Å². The predicted octanol–water partition coefficient (Wildman–Crippen LogP) is 0.464. The molecule has 0 aromatic carbocycles. The molecule has 2 heterocycles. The summed E-state index contributed by atoms with van der Waals surface area (Å²) < 4.78 is 5.50. The predicted molar refractivity (Wildman–Crippen MR) is 80.3 cm³/mol. The molecule has 0 unspecified atom stereocenters. The minimum absolute atomic E-state index is 0.0512. The average molecular weight is 298 g/mol. The molecule has 1 aliphatic rings. The number of nitrogens with one attached hydrogen (secondary N) is 1. The van der Waals surface area contributed by atoms with E-state index in [-0.39, 0.29) is 12.0 Å². The number of amides is 1. The third-order valence-electron chi connectivity index (χ3n) is 3.32. The van der Waals surface area contributed by atoms with Crippen LogP contribution in [0.15, 0.2) is 0 Å². The van der Waals surface area contributed by atoms with Crippen molar-refractivity contribution in [1.82, 2.24) is 15.2 Å². The van der Waals surface area contributed by atoms with Crippen molar-refractivity contribution in [2.24, 2.45) is 0 Å². The van der Waals surface area contributed by atoms with E-state index in [1.807, 2.05) is 25.9 Å². The summed E-state index contributed by atoms with van der Waals surface area (Å²) in [5.74, 6) is -0.0512. The molecule has 112 valence electrons. The molecular formula is C13H22N4O2S. The molecule has 2 rings (SSSR count). The maximum absolute atomic E-state index is 11.6. The maximum atomic E-state index is 11.6. The van der Waals surface area contributed by atoms with Gasteiger partial charge in [0.2, 0.25) is 5.91 Å². The lowest BCUT2D eigenvalue weighted by molar-refractivity contribution is -0.138. The van der Waals surface area contributed by atoms with E-state index < -0.39 is 0 Å². The van der Waals surface area contributed by atoms with Crippen molar-refractivity contribution in [2.45, 2.75) is 19.6 Å². The summed E-state index contributed by atoms with van der Waals surface area (Å²) in [6.07, 6.45) is -0.365. The van der Waals surface area contributed by atoms with E-state index in [1.54, 1.807) is 18.4 Å². The topological polar surface area (TPSA) is 57.7 Å². The van der Waals surface area contributed by atoms with E-state index in [4.69, 9.17) is 4.74 Å². The van der Waals surface area contributed by atoms with Crippen molar-refractivity contribution in [1.29, 1.82) is 0 Å². The van der Waals surface area contributed by atoms with Crippen LogP contribution >= 0.6 is 11.3 Å². The maximum Gasteiger partial charge on any atom is 0.250 e. The molecule has 1 aliphatic heterocycles. The molecule has 0 radical (unpaired) electrons. The number of ether oxygens (including phenoxy) is 1. The molecule has 1 saturated heterocycles. The van der Waals surface area contributed by atoms with E-state index in [0.29, 0.717) is 13.2 Å². The number of likely N-dealkylation sites (N-methyl/N-ethyl adjacent to an activating group) is 1. The first-order valence-electron chi connectivity index (χ1n) is 6.70. The van der Waals surface area contributed by atoms with E-state index in [0.717, 1.165) is 23.9 Å². The van der Waals surface area contributed by atoms with Crippen LogP contribution in [-0.4, -0.2) is 62.7 Å². The van der Waals surface area contributed by atoms with Gasteiger partial charge < -0.3 is 15.0 Å². The summed E-state index contributed by atoms with van der Waals surface area (Å²) in [6, 6.07) is 0. The molecule has 1 aromatic rings. The summed E-state index contributed by atoms with van der Waals surface area (Å²) in [5, 5.41) is 3.66. The monoisotopic (exact) mass is 298 g/mol. The molecule has 7 heteroatoms. The number of nitrogens with zero attached hydrogens (tertiary/aromatic N) is 3. The quantitative estimate of drug-likeness (QED) is 0.875. The number of anilines is 1. The average Bonchev–Trinajstić information content (AvgIpc) is 2.80. The number of hydrogen-bond acceptors (Lipinski definition) is 6. The van der Waals surface area contributed by atoms with Crippen molar-refractivity contribution >= 4 is 22.4 Å². The van der Waals surface area contributed by atoms with Gasteiger partial charge in [0.1, 0.15) is 6.10 Å². The third kappa shape index (κ3) is 3.47. The van der Waals surface area contributed by atoms with Gasteiger partial charge in [-0.1, -0.05) is 0 Å². The molecule has 1 aromatic heterocycles. The Morgan fingerprint density at radius 2 is 2.35 bits per heavy atom. The molecule has 0 spiro atoms. The van der Waals surface area contributed by atoms with Crippen LogP contribution in [0.1, 0.15) is 10.6 Å². The number of hydrogen-bond donors (Lipinski definition) is 1. The number of rotatable bonds is 4. The largest absolute Gasteiger partial charge is 0.366 e. The zero-order valence-electron chi connectivity index (χ0n) is 12.5. The van der Waals surface area contributed by atoms with Crippen molar-refractivity contribution in [3.63, 3.8) is 0 Å². The molecule has 1 fully saturated rings. The number of carbonyl (C=O) groups excluding carboxylic acids is 1. The number of carbonyl (C=O) groups is 1. The van der Waals surface area contributed by atoms with Crippen LogP contribution in [0.2, 0.25) is 0 Å². The Labute approximate surface area is 123 Å². The highest BCUT2D eigenvalue weighted by Crippen LogP contribution is 2.26. The molecule has 6 nitrogen and oxygen atoms in total. The zero-order valence-corrected chi connectivity index (χ0v) is 13.3. The van der Waals surface area contributed by atoms with Crippen LogP contribution in [0.3, 0.4) is 0 Å². The summed E-state index contributed by atoms with van der Waals surface area (Å²) in [6.45, 7) is 4.94. The lowest BCUT2D eigenvalue weighted by atomic mass is 10.2. The lowest BCUT2D eigenvalue weighted by Crippen LogP contribution is -2.48. The molecule has 1 amide bonds. The second kappa shape index (κ2) is 6.51. The molecule has 0 aliphatic carbocycles. The number of morpholine rings is 1. The fourth-order valence-corrected chi connectivity index (χ4v) is 3.15. The molecule has 20 heavy (non-hydrogen) atoms. The van der Waals surface area contributed by atoms with Gasteiger partial charge >= 0.3 is 0 Å². The number of aryl methyl sites for hydroxylation is 1. The fraction of sp³-hybridized carbons (Fsp3) is 0.692. The third-order valence-corrected chi connectivity index (χ3v) is 4.63. The van der Waals surface area contributed by atoms with Gasteiger partial charge in [0.25, 0.3) is 0 Å². The van der Waals surface area contributed by atoms with Crippen molar-refractivity contribution in [3.8, 4) is 0 Å². The Morgan fingerprint density at radius 1 is 1.60 bits per heavy atom. The van der Waals surface area contributed by atoms with Gasteiger partial charge in [-0.15, -0.1) is 11.3 Å². The van der Waals surface area contributed by atoms with Gasteiger partial charge in [-0.2, -0.15) is 0 Å². The Morgan fingerprint density at radius 3 is 2.95 bits per heavy atom. The lowest BCUT2D eigenvalue weighted by Gasteiger charge is -2.31. The van der Waals surface area contributed by atoms with Gasteiger partial charge in [0.05, 0.1) is 12.3 Å². The first kappa shape index (κ1) is 15.2. The van der Waals surface area contributed by atoms with Crippen molar-refractivity contribution < 1.29 is 9.53 Å². The highest BCUT2D eigenvalue weighted by molar-refractivity contribution is 7.15. The molecular weight excluding hydrogens is 276 g/mol. The van der Waals surface area contributed by atoms with Crippen LogP contribution in [0.5, 0.6) is 0 Å². The summed E-state index contributed by atoms with van der Waals surface area (Å²) in [7, 11) is 5.64. The Kier molecular flexibility index (Phi) is 4.95. The number of thiazole rings is 1. The summed E-state index contributed by atoms with van der Waals surface area (Å²) >= 11 is 1.71. The second-order valence-electron chi connectivity index (χ2n) is 5.11. The first-order chi connectivity index (χ1) is 9.51. The van der Waals surface area contributed by atoms with Crippen LogP contribution < -0.4 is 10.2 Å². The standard InChI is InChI=1S/C13H22N4O2S/c1-9-11(20-13(15-9)16(3)4)8-17-5-6-19-10(7-17)12(18)14-2/h10H,5-8H2,1-4H3,(H,14,18)/t10-/m1/s1. The summed E-state index contributed by atoms with van der Waals surface area (Å²) in [4.78, 5) is 21.7. The Hall–Kier alpha value is -1.18. The van der Waals surface area contributed by atoms with Crippen LogP contribution in [0.25, 0.3) is 0 Å². The Bertz CT molecular complexity index is 475. The van der Waals surface area contributed by atoms with Crippen LogP contribution in [-0.2, 0) is 16.1 Å². The van der Waals surface area contributed by atoms with Gasteiger partial charge in [0.15, 0.2) is 5.13 Å². The number of aromatic nitrogens is 1. The van der Waals surface area contributed by atoms with Crippen molar-refractivity contribution in [2.75, 3.05) is 45.7 Å². The fourth-order valence-electron chi connectivity index (χ4n) is 2.12. The van der Waals surface area contributed by atoms with E-state index in [1.165, 1.54) is 4.88 Å². The minimum atomic E-state index is -0.365. The summed E-state index contributed by atoms with van der Waals surface area (Å²) in [5.41, 5.74) is 1.07. The smallest absolute Gasteiger partial charge is 0.250 e. The normalized spacial score (nSPS) is 19.9. The van der Waals surface area contributed by atoms with Crippen LogP contribution in [0, 0.1) is 6.92 Å². The highest BCUT2D eigenvalue weighted by Gasteiger charge is 2.26. The van der Waals surface area contributed by atoms with Crippen LogP contribution in [0.4, 0.5) is 5.13 Å². The van der Waals surface area contributed by atoms with Gasteiger partial charge in [0, 0.05) is 45.7 Å². The SMILES string of the molecule is CNC(=O)[C@H]1CN(Cc2sc(N(C)C)nc2C)CCO1. The van der Waals surface area contributed by atoms with Gasteiger partial charge in [-0.25, -0.2) is 4.98 Å². The first-order valence-corrected chi connectivity index (χ1v) is 7.52. The zero-order chi connectivity index (χ0) is 14.7. The van der Waals surface area contributed by atoms with E-state index in [9.17, 15) is 4.79 Å². The van der Waals surface area contributed by atoms with Crippen molar-refractivity contribution in [3.05, 3.63) is 10.6 Å². The minimum Gasteiger partial charge on any atom is -0.366 e. The Balaban J connectivity index is 2.00. The molecule has 1 N–H and O–H groups in total. The van der Waals surface area contributed by atoms with E-state index >= 15 is 0 Å². The van der Waals surface area contributed by atoms with Gasteiger partial charge in [-0.05, 0) is 6.92 Å². The van der Waals surface area contributed by atoms with E-state index in [2.05, 4.69) is 15.2 Å².